The van der Waals surface area contributed by atoms with Gasteiger partial charge in [-0.3, -0.25) is 4.79 Å². The standard InChI is InChI=1S/C27H30F3N3O5.ClH/c1-31-13-15-32(16-14-31)20-9-12-22(24(34)35)23(17-20)33(26(37)27(28,29)30)19-7-10-21(11-8-19)38-25(36)18-5-3-2-4-6-18;/h2-6,9,12,17,19,21H,7-8,10-11,13-16H2,1H3,(H,34,35);1H. The topological polar surface area (TPSA) is 90.4 Å². The molecular weight excluding hydrogens is 539 g/mol. The van der Waals surface area contributed by atoms with Crippen molar-refractivity contribution in [2.24, 2.45) is 0 Å². The maximum Gasteiger partial charge on any atom is 0.471 e. The number of carbonyl (C=O) groups is 3. The fourth-order valence-electron chi connectivity index (χ4n) is 4.98. The summed E-state index contributed by atoms with van der Waals surface area (Å²) in [5, 5.41) is 9.79. The predicted molar refractivity (Wildman–Crippen MR) is 142 cm³/mol. The summed E-state index contributed by atoms with van der Waals surface area (Å²) < 4.78 is 46.9. The molecule has 8 nitrogen and oxygen atoms in total. The molecule has 212 valence electrons. The molecule has 0 unspecified atom stereocenters. The Balaban J connectivity index is 0.00000420. The first-order valence-corrected chi connectivity index (χ1v) is 12.5. The normalized spacial score (nSPS) is 20.1. The number of likely N-dealkylation sites (N-methyl/N-ethyl adjacent to an activating group) is 1. The molecule has 39 heavy (non-hydrogen) atoms. The lowest BCUT2D eigenvalue weighted by Crippen LogP contribution is -2.50. The lowest BCUT2D eigenvalue weighted by molar-refractivity contribution is -0.171. The zero-order valence-electron chi connectivity index (χ0n) is 21.4. The lowest BCUT2D eigenvalue weighted by atomic mass is 9.90. The molecule has 1 amide bonds. The van der Waals surface area contributed by atoms with Gasteiger partial charge in [0.25, 0.3) is 0 Å². The van der Waals surface area contributed by atoms with E-state index in [0.29, 0.717) is 29.2 Å². The van der Waals surface area contributed by atoms with Crippen molar-refractivity contribution in [1.82, 2.24) is 4.90 Å². The number of carbonyl (C=O) groups excluding carboxylic acids is 2. The van der Waals surface area contributed by atoms with Gasteiger partial charge in [-0.15, -0.1) is 12.4 Å². The van der Waals surface area contributed by atoms with E-state index in [4.69, 9.17) is 4.74 Å². The molecule has 2 aromatic carbocycles. The van der Waals surface area contributed by atoms with E-state index in [9.17, 15) is 32.7 Å². The van der Waals surface area contributed by atoms with Gasteiger partial charge in [0, 0.05) is 37.9 Å². The highest BCUT2D eigenvalue weighted by Gasteiger charge is 2.47. The molecule has 1 saturated heterocycles. The van der Waals surface area contributed by atoms with Crippen LogP contribution >= 0.6 is 12.4 Å². The van der Waals surface area contributed by atoms with Crippen molar-refractivity contribution >= 4 is 41.6 Å². The molecule has 1 aliphatic heterocycles. The van der Waals surface area contributed by atoms with E-state index in [1.165, 1.54) is 12.1 Å². The molecule has 0 spiro atoms. The van der Waals surface area contributed by atoms with Gasteiger partial charge in [-0.2, -0.15) is 13.2 Å². The van der Waals surface area contributed by atoms with E-state index in [-0.39, 0.29) is 49.3 Å². The van der Waals surface area contributed by atoms with Crippen LogP contribution in [-0.2, 0) is 9.53 Å². The van der Waals surface area contributed by atoms with Gasteiger partial charge in [0.15, 0.2) is 0 Å². The van der Waals surface area contributed by atoms with Crippen LogP contribution in [0.15, 0.2) is 48.5 Å². The van der Waals surface area contributed by atoms with E-state index in [2.05, 4.69) is 4.90 Å². The minimum Gasteiger partial charge on any atom is -0.478 e. The Morgan fingerprint density at radius 3 is 2.13 bits per heavy atom. The molecule has 0 bridgehead atoms. The fourth-order valence-corrected chi connectivity index (χ4v) is 4.98. The highest BCUT2D eigenvalue weighted by molar-refractivity contribution is 6.05. The Kier molecular flexibility index (Phi) is 9.84. The Morgan fingerprint density at radius 1 is 0.949 bits per heavy atom. The van der Waals surface area contributed by atoms with Gasteiger partial charge in [0.1, 0.15) is 6.10 Å². The highest BCUT2D eigenvalue weighted by atomic mass is 35.5. The molecule has 4 rings (SSSR count). The van der Waals surface area contributed by atoms with Crippen molar-refractivity contribution < 1.29 is 37.4 Å². The summed E-state index contributed by atoms with van der Waals surface area (Å²) in [4.78, 5) is 41.8. The van der Waals surface area contributed by atoms with Crippen LogP contribution in [0.2, 0.25) is 0 Å². The maximum absolute atomic E-state index is 13.8. The van der Waals surface area contributed by atoms with Crippen molar-refractivity contribution in [1.29, 1.82) is 0 Å². The van der Waals surface area contributed by atoms with Gasteiger partial charge in [-0.25, -0.2) is 9.59 Å². The number of esters is 1. The minimum absolute atomic E-state index is 0. The molecule has 2 aliphatic rings. The molecule has 1 saturated carbocycles. The molecule has 1 aliphatic carbocycles. The predicted octanol–water partition coefficient (Wildman–Crippen LogP) is 4.62. The Morgan fingerprint density at radius 2 is 1.56 bits per heavy atom. The van der Waals surface area contributed by atoms with Crippen LogP contribution in [0, 0.1) is 0 Å². The third-order valence-corrected chi connectivity index (χ3v) is 7.09. The summed E-state index contributed by atoms with van der Waals surface area (Å²) in [6.45, 7) is 2.72. The molecule has 2 aromatic rings. The second kappa shape index (κ2) is 12.7. The molecule has 0 radical (unpaired) electrons. The first-order chi connectivity index (χ1) is 18.0. The van der Waals surface area contributed by atoms with Gasteiger partial charge in [0.2, 0.25) is 0 Å². The van der Waals surface area contributed by atoms with Crippen molar-refractivity contribution in [3.05, 3.63) is 59.7 Å². The summed E-state index contributed by atoms with van der Waals surface area (Å²) >= 11 is 0. The van der Waals surface area contributed by atoms with E-state index >= 15 is 0 Å². The number of aromatic carboxylic acids is 1. The third kappa shape index (κ3) is 7.21. The number of piperazine rings is 1. The number of carboxylic acid groups (broad SMARTS) is 1. The molecule has 2 fully saturated rings. The van der Waals surface area contributed by atoms with Gasteiger partial charge in [-0.05, 0) is 63.1 Å². The van der Waals surface area contributed by atoms with Crippen LogP contribution in [0.25, 0.3) is 0 Å². The molecule has 0 atom stereocenters. The maximum atomic E-state index is 13.8. The number of nitrogens with zero attached hydrogens (tertiary/aromatic N) is 3. The number of amides is 1. The van der Waals surface area contributed by atoms with Crippen LogP contribution in [0.3, 0.4) is 0 Å². The van der Waals surface area contributed by atoms with Crippen molar-refractivity contribution in [3.63, 3.8) is 0 Å². The SMILES string of the molecule is CN1CCN(c2ccc(C(=O)O)c(N(C(=O)C(F)(F)F)C3CCC(OC(=O)c4ccccc4)CC3)c2)CC1.Cl. The summed E-state index contributed by atoms with van der Waals surface area (Å²) in [6, 6.07) is 11.7. The van der Waals surface area contributed by atoms with Gasteiger partial charge in [0.05, 0.1) is 16.8 Å². The number of alkyl halides is 3. The molecule has 1 N–H and O–H groups in total. The largest absolute Gasteiger partial charge is 0.478 e. The quantitative estimate of drug-likeness (QED) is 0.508. The number of carboxylic acids is 1. The Hall–Kier alpha value is -3.31. The first-order valence-electron chi connectivity index (χ1n) is 12.5. The lowest BCUT2D eigenvalue weighted by Gasteiger charge is -2.38. The summed E-state index contributed by atoms with van der Waals surface area (Å²) in [7, 11) is 1.97. The number of hydrogen-bond acceptors (Lipinski definition) is 6. The van der Waals surface area contributed by atoms with E-state index in [0.717, 1.165) is 13.1 Å². The Labute approximate surface area is 230 Å². The number of anilines is 2. The van der Waals surface area contributed by atoms with Crippen molar-refractivity contribution in [2.45, 2.75) is 44.0 Å². The summed E-state index contributed by atoms with van der Waals surface area (Å²) in [5.41, 5.74) is 0.276. The summed E-state index contributed by atoms with van der Waals surface area (Å²) in [6.07, 6.45) is -5.00. The van der Waals surface area contributed by atoms with Gasteiger partial charge < -0.3 is 24.5 Å². The summed E-state index contributed by atoms with van der Waals surface area (Å²) in [5.74, 6) is -4.05. The van der Waals surface area contributed by atoms with E-state index in [1.54, 1.807) is 36.4 Å². The van der Waals surface area contributed by atoms with Crippen molar-refractivity contribution in [2.75, 3.05) is 43.0 Å². The number of hydrogen-bond donors (Lipinski definition) is 1. The van der Waals surface area contributed by atoms with Crippen LogP contribution in [-0.4, -0.2) is 79.4 Å². The smallest absolute Gasteiger partial charge is 0.471 e. The second-order valence-corrected chi connectivity index (χ2v) is 9.67. The van der Waals surface area contributed by atoms with Gasteiger partial charge in [-0.1, -0.05) is 18.2 Å². The monoisotopic (exact) mass is 569 g/mol. The first kappa shape index (κ1) is 30.2. The number of halogens is 4. The van der Waals surface area contributed by atoms with E-state index < -0.39 is 36.2 Å². The molecular formula is C27H31ClF3N3O5. The second-order valence-electron chi connectivity index (χ2n) is 9.67. The van der Waals surface area contributed by atoms with Crippen LogP contribution in [0.5, 0.6) is 0 Å². The molecule has 12 heteroatoms. The number of ether oxygens (including phenoxy) is 1. The average Bonchev–Trinajstić information content (AvgIpc) is 2.90. The zero-order chi connectivity index (χ0) is 27.4. The van der Waals surface area contributed by atoms with Crippen LogP contribution < -0.4 is 9.80 Å². The van der Waals surface area contributed by atoms with Crippen LogP contribution in [0.4, 0.5) is 24.5 Å². The van der Waals surface area contributed by atoms with Gasteiger partial charge >= 0.3 is 24.0 Å². The highest BCUT2D eigenvalue weighted by Crippen LogP contribution is 2.37. The molecule has 0 aromatic heterocycles. The Bertz CT molecular complexity index is 1170. The van der Waals surface area contributed by atoms with E-state index in [1.807, 2.05) is 11.9 Å². The van der Waals surface area contributed by atoms with Crippen LogP contribution in [0.1, 0.15) is 46.4 Å². The minimum atomic E-state index is -5.20. The molecule has 1 heterocycles. The average molecular weight is 570 g/mol. The fraction of sp³-hybridized carbons (Fsp3) is 0.444. The number of rotatable bonds is 6. The number of benzene rings is 2. The van der Waals surface area contributed by atoms with Crippen molar-refractivity contribution in [3.8, 4) is 0 Å². The third-order valence-electron chi connectivity index (χ3n) is 7.09. The zero-order valence-corrected chi connectivity index (χ0v) is 22.2.